The topological polar surface area (TPSA) is 64.7 Å². The number of nitrogen functional groups attached to an aromatic ring is 1. The quantitative estimate of drug-likeness (QED) is 0.712. The van der Waals surface area contributed by atoms with Gasteiger partial charge in [0.1, 0.15) is 11.6 Å². The molecule has 0 spiro atoms. The number of benzene rings is 1. The van der Waals surface area contributed by atoms with Crippen LogP contribution < -0.4 is 5.73 Å². The minimum Gasteiger partial charge on any atom is -0.398 e. The van der Waals surface area contributed by atoms with Crippen molar-refractivity contribution in [1.29, 1.82) is 0 Å². The molecule has 0 aliphatic carbocycles. The number of para-hydroxylation sites is 1. The summed E-state index contributed by atoms with van der Waals surface area (Å²) < 4.78 is 0. The number of hydrogen-bond acceptors (Lipinski definition) is 4. The van der Waals surface area contributed by atoms with Gasteiger partial charge >= 0.3 is 0 Å². The van der Waals surface area contributed by atoms with Gasteiger partial charge in [0.25, 0.3) is 0 Å². The van der Waals surface area contributed by atoms with Crippen molar-refractivity contribution < 1.29 is 0 Å². The molecule has 2 rings (SSSR count). The van der Waals surface area contributed by atoms with Crippen LogP contribution in [0, 0.1) is 13.8 Å². The summed E-state index contributed by atoms with van der Waals surface area (Å²) in [7, 11) is 0. The molecular weight excluding hydrogens is 188 g/mol. The molecule has 4 heteroatoms. The van der Waals surface area contributed by atoms with E-state index in [1.165, 1.54) is 0 Å². The predicted octanol–water partition coefficient (Wildman–Crippen LogP) is 1.74. The predicted molar refractivity (Wildman–Crippen MR) is 59.1 cm³/mol. The van der Waals surface area contributed by atoms with E-state index in [0.29, 0.717) is 23.2 Å². The van der Waals surface area contributed by atoms with Gasteiger partial charge in [-0.1, -0.05) is 12.1 Å². The van der Waals surface area contributed by atoms with Crippen LogP contribution in [0.15, 0.2) is 24.3 Å². The first-order valence-electron chi connectivity index (χ1n) is 4.71. The fraction of sp³-hybridized carbons (Fsp3) is 0.182. The molecule has 0 radical (unpaired) electrons. The molecule has 4 nitrogen and oxygen atoms in total. The van der Waals surface area contributed by atoms with Gasteiger partial charge in [0.2, 0.25) is 0 Å². The van der Waals surface area contributed by atoms with Gasteiger partial charge in [-0.2, -0.15) is 0 Å². The standard InChI is InChI=1S/C11H12N4/c1-7-13-8(2)15-11(14-7)9-5-3-4-6-10(9)12/h3-6H,12H2,1-2H3. The van der Waals surface area contributed by atoms with E-state index in [0.717, 1.165) is 5.56 Å². The van der Waals surface area contributed by atoms with Gasteiger partial charge in [-0.3, -0.25) is 0 Å². The normalized spacial score (nSPS) is 10.3. The Morgan fingerprint density at radius 2 is 1.53 bits per heavy atom. The first-order valence-corrected chi connectivity index (χ1v) is 4.71. The largest absolute Gasteiger partial charge is 0.398 e. The maximum atomic E-state index is 5.85. The first-order chi connectivity index (χ1) is 7.16. The summed E-state index contributed by atoms with van der Waals surface area (Å²) in [6.07, 6.45) is 0. The second kappa shape index (κ2) is 3.65. The van der Waals surface area contributed by atoms with Gasteiger partial charge in [0.05, 0.1) is 0 Å². The number of aryl methyl sites for hydroxylation is 2. The van der Waals surface area contributed by atoms with Crippen molar-refractivity contribution in [1.82, 2.24) is 15.0 Å². The molecular formula is C11H12N4. The Morgan fingerprint density at radius 3 is 2.13 bits per heavy atom. The first kappa shape index (κ1) is 9.58. The van der Waals surface area contributed by atoms with Gasteiger partial charge < -0.3 is 5.73 Å². The van der Waals surface area contributed by atoms with E-state index < -0.39 is 0 Å². The summed E-state index contributed by atoms with van der Waals surface area (Å²) in [6.45, 7) is 3.69. The van der Waals surface area contributed by atoms with Crippen LogP contribution in [0.1, 0.15) is 11.6 Å². The van der Waals surface area contributed by atoms with Crippen molar-refractivity contribution in [2.24, 2.45) is 0 Å². The zero-order valence-electron chi connectivity index (χ0n) is 8.73. The lowest BCUT2D eigenvalue weighted by atomic mass is 10.1. The number of rotatable bonds is 1. The van der Waals surface area contributed by atoms with Crippen LogP contribution >= 0.6 is 0 Å². The van der Waals surface area contributed by atoms with E-state index in [1.54, 1.807) is 0 Å². The number of nitrogens with two attached hydrogens (primary N) is 1. The maximum absolute atomic E-state index is 5.85. The molecule has 0 unspecified atom stereocenters. The van der Waals surface area contributed by atoms with Crippen LogP contribution in [-0.2, 0) is 0 Å². The molecule has 1 heterocycles. The fourth-order valence-electron chi connectivity index (χ4n) is 1.44. The third-order valence-corrected chi connectivity index (χ3v) is 2.06. The molecule has 0 fully saturated rings. The average Bonchev–Trinajstić information content (AvgIpc) is 2.16. The van der Waals surface area contributed by atoms with Crippen LogP contribution in [0.25, 0.3) is 11.4 Å². The van der Waals surface area contributed by atoms with Crippen molar-refractivity contribution in [3.63, 3.8) is 0 Å². The van der Waals surface area contributed by atoms with Crippen LogP contribution in [0.2, 0.25) is 0 Å². The molecule has 0 bridgehead atoms. The highest BCUT2D eigenvalue weighted by Gasteiger charge is 2.06. The van der Waals surface area contributed by atoms with E-state index >= 15 is 0 Å². The molecule has 0 aliphatic rings. The van der Waals surface area contributed by atoms with Crippen molar-refractivity contribution >= 4 is 5.69 Å². The van der Waals surface area contributed by atoms with Gasteiger partial charge in [-0.15, -0.1) is 0 Å². The summed E-state index contributed by atoms with van der Waals surface area (Å²) in [4.78, 5) is 12.7. The monoisotopic (exact) mass is 200 g/mol. The van der Waals surface area contributed by atoms with Gasteiger partial charge in [0.15, 0.2) is 5.82 Å². The molecule has 0 saturated heterocycles. The second-order valence-corrected chi connectivity index (χ2v) is 3.34. The summed E-state index contributed by atoms with van der Waals surface area (Å²) in [5, 5.41) is 0. The van der Waals surface area contributed by atoms with Gasteiger partial charge in [0, 0.05) is 11.3 Å². The molecule has 15 heavy (non-hydrogen) atoms. The van der Waals surface area contributed by atoms with E-state index in [9.17, 15) is 0 Å². The average molecular weight is 200 g/mol. The van der Waals surface area contributed by atoms with Crippen molar-refractivity contribution in [3.05, 3.63) is 35.9 Å². The van der Waals surface area contributed by atoms with E-state index in [-0.39, 0.29) is 0 Å². The lowest BCUT2D eigenvalue weighted by Crippen LogP contribution is -2.00. The number of anilines is 1. The number of hydrogen-bond donors (Lipinski definition) is 1. The highest BCUT2D eigenvalue weighted by atomic mass is 15.0. The summed E-state index contributed by atoms with van der Waals surface area (Å²) in [6, 6.07) is 7.55. The smallest absolute Gasteiger partial charge is 0.165 e. The molecule has 2 aromatic rings. The minimum absolute atomic E-state index is 0.637. The fourth-order valence-corrected chi connectivity index (χ4v) is 1.44. The Hall–Kier alpha value is -1.97. The molecule has 0 amide bonds. The highest BCUT2D eigenvalue weighted by molar-refractivity contribution is 5.70. The van der Waals surface area contributed by atoms with Crippen LogP contribution in [0.5, 0.6) is 0 Å². The lowest BCUT2D eigenvalue weighted by molar-refractivity contribution is 0.929. The van der Waals surface area contributed by atoms with Crippen LogP contribution in [-0.4, -0.2) is 15.0 Å². The van der Waals surface area contributed by atoms with E-state index in [1.807, 2.05) is 38.1 Å². The highest BCUT2D eigenvalue weighted by Crippen LogP contribution is 2.21. The molecule has 1 aromatic carbocycles. The Balaban J connectivity index is 2.59. The Kier molecular flexibility index (Phi) is 2.33. The van der Waals surface area contributed by atoms with E-state index in [2.05, 4.69) is 15.0 Å². The third-order valence-electron chi connectivity index (χ3n) is 2.06. The Morgan fingerprint density at radius 1 is 0.933 bits per heavy atom. The maximum Gasteiger partial charge on any atom is 0.165 e. The second-order valence-electron chi connectivity index (χ2n) is 3.34. The molecule has 0 aliphatic heterocycles. The van der Waals surface area contributed by atoms with E-state index in [4.69, 9.17) is 5.73 Å². The SMILES string of the molecule is Cc1nc(C)nc(-c2ccccc2N)n1. The summed E-state index contributed by atoms with van der Waals surface area (Å²) >= 11 is 0. The molecule has 1 aromatic heterocycles. The number of nitrogens with zero attached hydrogens (tertiary/aromatic N) is 3. The lowest BCUT2D eigenvalue weighted by Gasteiger charge is -2.04. The van der Waals surface area contributed by atoms with Gasteiger partial charge in [-0.05, 0) is 26.0 Å². The minimum atomic E-state index is 0.637. The summed E-state index contributed by atoms with van der Waals surface area (Å²) in [5.41, 5.74) is 7.39. The van der Waals surface area contributed by atoms with Gasteiger partial charge in [-0.25, -0.2) is 15.0 Å². The van der Waals surface area contributed by atoms with Crippen molar-refractivity contribution in [2.45, 2.75) is 13.8 Å². The van der Waals surface area contributed by atoms with Crippen molar-refractivity contribution in [3.8, 4) is 11.4 Å². The zero-order chi connectivity index (χ0) is 10.8. The van der Waals surface area contributed by atoms with Crippen LogP contribution in [0.3, 0.4) is 0 Å². The third kappa shape index (κ3) is 1.93. The Labute approximate surface area is 88.2 Å². The molecule has 0 atom stereocenters. The number of aromatic nitrogens is 3. The molecule has 0 saturated carbocycles. The Bertz CT molecular complexity index is 473. The molecule has 2 N–H and O–H groups in total. The zero-order valence-corrected chi connectivity index (χ0v) is 8.73. The molecule has 76 valence electrons. The van der Waals surface area contributed by atoms with Crippen LogP contribution in [0.4, 0.5) is 5.69 Å². The van der Waals surface area contributed by atoms with Crippen molar-refractivity contribution in [2.75, 3.05) is 5.73 Å². The summed E-state index contributed by atoms with van der Waals surface area (Å²) in [5.74, 6) is 2.06.